The van der Waals surface area contributed by atoms with Gasteiger partial charge in [0.1, 0.15) is 0 Å². The van der Waals surface area contributed by atoms with E-state index in [2.05, 4.69) is 41.6 Å². The second-order valence-electron chi connectivity index (χ2n) is 4.71. The Labute approximate surface area is 103 Å². The lowest BCUT2D eigenvalue weighted by Gasteiger charge is -2.39. The summed E-state index contributed by atoms with van der Waals surface area (Å²) in [7, 11) is 0. The number of nitrogens with one attached hydrogen (secondary N) is 1. The molecule has 1 fully saturated rings. The number of nitrogens with zero attached hydrogens (tertiary/aromatic N) is 1. The van der Waals surface area contributed by atoms with Crippen molar-refractivity contribution in [1.29, 1.82) is 0 Å². The minimum Gasteiger partial charge on any atom is -0.314 e. The molecule has 2 nitrogen and oxygen atoms in total. The molecule has 1 N–H and O–H groups in total. The Balaban J connectivity index is 1.99. The summed E-state index contributed by atoms with van der Waals surface area (Å²) in [5.41, 5.74) is 0. The third-order valence-corrected chi connectivity index (χ3v) is 4.50. The van der Waals surface area contributed by atoms with Crippen molar-refractivity contribution in [2.45, 2.75) is 32.9 Å². The lowest BCUT2D eigenvalue weighted by Crippen LogP contribution is -2.53. The molecule has 2 unspecified atom stereocenters. The van der Waals surface area contributed by atoms with Crippen molar-refractivity contribution < 1.29 is 0 Å². The van der Waals surface area contributed by atoms with Crippen molar-refractivity contribution in [3.8, 4) is 0 Å². The third-order valence-electron chi connectivity index (χ3n) is 3.64. The van der Waals surface area contributed by atoms with Crippen molar-refractivity contribution in [2.75, 3.05) is 19.6 Å². The zero-order chi connectivity index (χ0) is 11.4. The van der Waals surface area contributed by atoms with Gasteiger partial charge in [-0.15, -0.1) is 11.3 Å². The average Bonchev–Trinajstić information content (AvgIpc) is 2.82. The molecule has 1 aliphatic rings. The van der Waals surface area contributed by atoms with E-state index in [1.54, 1.807) is 0 Å². The van der Waals surface area contributed by atoms with Gasteiger partial charge in [0.15, 0.2) is 0 Å². The highest BCUT2D eigenvalue weighted by Crippen LogP contribution is 2.20. The maximum atomic E-state index is 3.52. The van der Waals surface area contributed by atoms with E-state index in [1.165, 1.54) is 17.8 Å². The first-order valence-corrected chi connectivity index (χ1v) is 7.16. The fourth-order valence-corrected chi connectivity index (χ4v) is 3.13. The van der Waals surface area contributed by atoms with Crippen LogP contribution in [0.4, 0.5) is 0 Å². The van der Waals surface area contributed by atoms with Gasteiger partial charge in [0.05, 0.1) is 0 Å². The molecule has 0 spiro atoms. The number of piperazine rings is 1. The number of thiophene rings is 1. The highest BCUT2D eigenvalue weighted by molar-refractivity contribution is 7.09. The lowest BCUT2D eigenvalue weighted by atomic mass is 9.96. The molecule has 0 bridgehead atoms. The summed E-state index contributed by atoms with van der Waals surface area (Å²) >= 11 is 1.88. The fraction of sp³-hybridized carbons (Fsp3) is 0.692. The molecule has 1 aliphatic heterocycles. The zero-order valence-electron chi connectivity index (χ0n) is 10.3. The average molecular weight is 238 g/mol. The van der Waals surface area contributed by atoms with Gasteiger partial charge >= 0.3 is 0 Å². The Hall–Kier alpha value is -0.380. The molecule has 2 rings (SSSR count). The molecule has 0 aromatic carbocycles. The Bertz CT molecular complexity index is 297. The standard InChI is InChI=1S/C13H22N2S/c1-3-11(2)13-9-14-6-7-15(13)10-12-5-4-8-16-12/h4-5,8,11,13-14H,3,6-7,9-10H2,1-2H3. The van der Waals surface area contributed by atoms with E-state index in [-0.39, 0.29) is 0 Å². The van der Waals surface area contributed by atoms with Crippen LogP contribution in [0.2, 0.25) is 0 Å². The lowest BCUT2D eigenvalue weighted by molar-refractivity contribution is 0.110. The van der Waals surface area contributed by atoms with E-state index < -0.39 is 0 Å². The van der Waals surface area contributed by atoms with E-state index >= 15 is 0 Å². The van der Waals surface area contributed by atoms with Crippen LogP contribution in [0.1, 0.15) is 25.1 Å². The summed E-state index contributed by atoms with van der Waals surface area (Å²) in [5, 5.41) is 5.70. The van der Waals surface area contributed by atoms with Gasteiger partial charge in [-0.25, -0.2) is 0 Å². The molecule has 1 saturated heterocycles. The summed E-state index contributed by atoms with van der Waals surface area (Å²) in [4.78, 5) is 4.14. The Morgan fingerprint density at radius 3 is 3.19 bits per heavy atom. The molecule has 0 saturated carbocycles. The SMILES string of the molecule is CCC(C)C1CNCCN1Cc1cccs1. The molecule has 16 heavy (non-hydrogen) atoms. The third kappa shape index (κ3) is 2.84. The van der Waals surface area contributed by atoms with E-state index in [0.29, 0.717) is 6.04 Å². The first-order chi connectivity index (χ1) is 7.81. The summed E-state index contributed by atoms with van der Waals surface area (Å²) < 4.78 is 0. The Morgan fingerprint density at radius 2 is 2.50 bits per heavy atom. The predicted octanol–water partition coefficient (Wildman–Crippen LogP) is 2.57. The van der Waals surface area contributed by atoms with Gasteiger partial charge in [-0.2, -0.15) is 0 Å². The topological polar surface area (TPSA) is 15.3 Å². The predicted molar refractivity (Wildman–Crippen MR) is 70.8 cm³/mol. The van der Waals surface area contributed by atoms with Crippen LogP contribution in [-0.2, 0) is 6.54 Å². The summed E-state index contributed by atoms with van der Waals surface area (Å²) in [6, 6.07) is 5.11. The van der Waals surface area contributed by atoms with Crippen LogP contribution in [-0.4, -0.2) is 30.6 Å². The smallest absolute Gasteiger partial charge is 0.0332 e. The minimum atomic E-state index is 0.709. The van der Waals surface area contributed by atoms with Crippen molar-refractivity contribution >= 4 is 11.3 Å². The van der Waals surface area contributed by atoms with Gasteiger partial charge in [-0.05, 0) is 17.4 Å². The van der Waals surface area contributed by atoms with Crippen LogP contribution in [0.3, 0.4) is 0 Å². The molecule has 0 aliphatic carbocycles. The second-order valence-corrected chi connectivity index (χ2v) is 5.74. The first-order valence-electron chi connectivity index (χ1n) is 6.28. The monoisotopic (exact) mass is 238 g/mol. The van der Waals surface area contributed by atoms with Crippen LogP contribution < -0.4 is 5.32 Å². The van der Waals surface area contributed by atoms with Crippen LogP contribution in [0.15, 0.2) is 17.5 Å². The van der Waals surface area contributed by atoms with Gasteiger partial charge < -0.3 is 5.32 Å². The molecule has 2 atom stereocenters. The highest BCUT2D eigenvalue weighted by Gasteiger charge is 2.26. The van der Waals surface area contributed by atoms with E-state index in [9.17, 15) is 0 Å². The molecule has 1 aromatic heterocycles. The number of rotatable bonds is 4. The van der Waals surface area contributed by atoms with Gasteiger partial charge in [-0.1, -0.05) is 26.3 Å². The van der Waals surface area contributed by atoms with Crippen LogP contribution in [0, 0.1) is 5.92 Å². The molecule has 90 valence electrons. The van der Waals surface area contributed by atoms with Crippen LogP contribution >= 0.6 is 11.3 Å². The minimum absolute atomic E-state index is 0.709. The Morgan fingerprint density at radius 1 is 1.62 bits per heavy atom. The van der Waals surface area contributed by atoms with Crippen molar-refractivity contribution in [3.05, 3.63) is 22.4 Å². The quantitative estimate of drug-likeness (QED) is 0.867. The van der Waals surface area contributed by atoms with Crippen molar-refractivity contribution in [3.63, 3.8) is 0 Å². The van der Waals surface area contributed by atoms with E-state index in [0.717, 1.165) is 25.6 Å². The second kappa shape index (κ2) is 5.80. The maximum Gasteiger partial charge on any atom is 0.0332 e. The highest BCUT2D eigenvalue weighted by atomic mass is 32.1. The molecule has 2 heterocycles. The molecule has 1 aromatic rings. The zero-order valence-corrected chi connectivity index (χ0v) is 11.1. The molecule has 0 amide bonds. The summed E-state index contributed by atoms with van der Waals surface area (Å²) in [6.45, 7) is 9.28. The molecular weight excluding hydrogens is 216 g/mol. The summed E-state index contributed by atoms with van der Waals surface area (Å²) in [5.74, 6) is 0.785. The largest absolute Gasteiger partial charge is 0.314 e. The maximum absolute atomic E-state index is 3.52. The molecule has 3 heteroatoms. The van der Waals surface area contributed by atoms with Crippen LogP contribution in [0.25, 0.3) is 0 Å². The summed E-state index contributed by atoms with van der Waals surface area (Å²) in [6.07, 6.45) is 1.27. The van der Waals surface area contributed by atoms with E-state index in [1.807, 2.05) is 11.3 Å². The van der Waals surface area contributed by atoms with Gasteiger partial charge in [0, 0.05) is 37.1 Å². The molecular formula is C13H22N2S. The number of hydrogen-bond donors (Lipinski definition) is 1. The Kier molecular flexibility index (Phi) is 4.38. The van der Waals surface area contributed by atoms with E-state index in [4.69, 9.17) is 0 Å². The van der Waals surface area contributed by atoms with Crippen molar-refractivity contribution in [1.82, 2.24) is 10.2 Å². The van der Waals surface area contributed by atoms with Gasteiger partial charge in [-0.3, -0.25) is 4.90 Å². The normalized spacial score (nSPS) is 24.5. The molecule has 0 radical (unpaired) electrons. The van der Waals surface area contributed by atoms with Crippen molar-refractivity contribution in [2.24, 2.45) is 5.92 Å². The fourth-order valence-electron chi connectivity index (χ4n) is 2.40. The first kappa shape index (κ1) is 12.1. The number of hydrogen-bond acceptors (Lipinski definition) is 3. The van der Waals surface area contributed by atoms with Gasteiger partial charge in [0.2, 0.25) is 0 Å². The van der Waals surface area contributed by atoms with Gasteiger partial charge in [0.25, 0.3) is 0 Å². The van der Waals surface area contributed by atoms with Crippen LogP contribution in [0.5, 0.6) is 0 Å².